The molecule has 5 heteroatoms. The quantitative estimate of drug-likeness (QED) is 0.658. The molecule has 2 fully saturated rings. The zero-order valence-electron chi connectivity index (χ0n) is 12.4. The highest BCUT2D eigenvalue weighted by molar-refractivity contribution is 5.61. The van der Waals surface area contributed by atoms with Crippen molar-refractivity contribution in [2.45, 2.75) is 44.6 Å². The van der Waals surface area contributed by atoms with Crippen LogP contribution in [0.5, 0.6) is 5.75 Å². The number of benzene rings is 1. The van der Waals surface area contributed by atoms with Crippen molar-refractivity contribution in [3.8, 4) is 5.75 Å². The second-order valence-corrected chi connectivity index (χ2v) is 6.25. The summed E-state index contributed by atoms with van der Waals surface area (Å²) in [5.41, 5.74) is 0.932. The minimum Gasteiger partial charge on any atom is -0.494 e. The number of rotatable bonds is 5. The first kappa shape index (κ1) is 14.2. The molecule has 1 aromatic carbocycles. The number of nitrogens with zero attached hydrogens (tertiary/aromatic N) is 1. The van der Waals surface area contributed by atoms with E-state index < -0.39 is 4.92 Å². The molecule has 2 aliphatic carbocycles. The number of hydrogen-bond donors (Lipinski definition) is 1. The van der Waals surface area contributed by atoms with Gasteiger partial charge in [-0.25, -0.2) is 0 Å². The zero-order valence-corrected chi connectivity index (χ0v) is 12.4. The normalized spacial score (nSPS) is 25.4. The lowest BCUT2D eigenvalue weighted by Gasteiger charge is -2.31. The molecule has 21 heavy (non-hydrogen) atoms. The van der Waals surface area contributed by atoms with Crippen molar-refractivity contribution in [1.82, 2.24) is 0 Å². The standard InChI is InChI=1S/C16H22N2O3/c1-21-16-10-14(18(19)20)7-8-15(16)17-13-4-2-3-12(9-13)11-5-6-11/h7-8,10-13,17H,2-6,9H2,1H3. The average molecular weight is 290 g/mol. The third-order valence-electron chi connectivity index (χ3n) is 4.76. The van der Waals surface area contributed by atoms with Crippen molar-refractivity contribution in [2.24, 2.45) is 11.8 Å². The van der Waals surface area contributed by atoms with Gasteiger partial charge in [-0.15, -0.1) is 0 Å². The Hall–Kier alpha value is -1.78. The van der Waals surface area contributed by atoms with Crippen LogP contribution in [0.1, 0.15) is 38.5 Å². The Morgan fingerprint density at radius 3 is 2.71 bits per heavy atom. The summed E-state index contributed by atoms with van der Waals surface area (Å²) in [6.07, 6.45) is 7.82. The Morgan fingerprint density at radius 2 is 2.05 bits per heavy atom. The minimum atomic E-state index is -0.393. The van der Waals surface area contributed by atoms with Crippen molar-refractivity contribution < 1.29 is 9.66 Å². The minimum absolute atomic E-state index is 0.0666. The van der Waals surface area contributed by atoms with Crippen LogP contribution >= 0.6 is 0 Å². The van der Waals surface area contributed by atoms with Gasteiger partial charge in [-0.3, -0.25) is 10.1 Å². The molecule has 0 bridgehead atoms. The highest BCUT2D eigenvalue weighted by Gasteiger charge is 2.34. The van der Waals surface area contributed by atoms with Crippen LogP contribution in [0, 0.1) is 22.0 Å². The number of nitro groups is 1. The molecule has 0 spiro atoms. The van der Waals surface area contributed by atoms with E-state index in [9.17, 15) is 10.1 Å². The van der Waals surface area contributed by atoms with Gasteiger partial charge in [0.2, 0.25) is 0 Å². The Morgan fingerprint density at radius 1 is 1.24 bits per heavy atom. The summed E-state index contributed by atoms with van der Waals surface area (Å²) in [7, 11) is 1.55. The second-order valence-electron chi connectivity index (χ2n) is 6.25. The summed E-state index contributed by atoms with van der Waals surface area (Å²) < 4.78 is 5.30. The van der Waals surface area contributed by atoms with Crippen LogP contribution in [-0.2, 0) is 0 Å². The van der Waals surface area contributed by atoms with E-state index in [0.717, 1.165) is 17.5 Å². The number of nitro benzene ring substituents is 1. The fraction of sp³-hybridized carbons (Fsp3) is 0.625. The van der Waals surface area contributed by atoms with Crippen molar-refractivity contribution in [3.63, 3.8) is 0 Å². The van der Waals surface area contributed by atoms with E-state index in [4.69, 9.17) is 4.74 Å². The maximum absolute atomic E-state index is 10.8. The van der Waals surface area contributed by atoms with Crippen molar-refractivity contribution in [1.29, 1.82) is 0 Å². The molecule has 0 saturated heterocycles. The molecule has 0 radical (unpaired) electrons. The number of ether oxygens (including phenoxy) is 1. The predicted molar refractivity (Wildman–Crippen MR) is 81.7 cm³/mol. The molecule has 0 aromatic heterocycles. The fourth-order valence-electron chi connectivity index (χ4n) is 3.49. The number of anilines is 1. The molecule has 3 rings (SSSR count). The summed E-state index contributed by atoms with van der Waals surface area (Å²) >= 11 is 0. The molecule has 1 N–H and O–H groups in total. The molecule has 5 nitrogen and oxygen atoms in total. The number of non-ortho nitro benzene ring substituents is 1. The highest BCUT2D eigenvalue weighted by Crippen LogP contribution is 2.44. The van der Waals surface area contributed by atoms with E-state index >= 15 is 0 Å². The molecule has 1 aromatic rings. The maximum Gasteiger partial charge on any atom is 0.273 e. The lowest BCUT2D eigenvalue weighted by molar-refractivity contribution is -0.384. The van der Waals surface area contributed by atoms with Crippen LogP contribution in [0.25, 0.3) is 0 Å². The Bertz CT molecular complexity index is 528. The van der Waals surface area contributed by atoms with E-state index in [1.165, 1.54) is 50.7 Å². The van der Waals surface area contributed by atoms with Crippen LogP contribution in [-0.4, -0.2) is 18.1 Å². The SMILES string of the molecule is COc1cc([N+](=O)[O-])ccc1NC1CCCC(C2CC2)C1. The first-order valence-corrected chi connectivity index (χ1v) is 7.76. The molecule has 0 amide bonds. The van der Waals surface area contributed by atoms with Gasteiger partial charge >= 0.3 is 0 Å². The first-order chi connectivity index (χ1) is 10.2. The molecule has 2 saturated carbocycles. The monoisotopic (exact) mass is 290 g/mol. The van der Waals surface area contributed by atoms with Crippen LogP contribution in [0.2, 0.25) is 0 Å². The van der Waals surface area contributed by atoms with Crippen LogP contribution in [0.15, 0.2) is 18.2 Å². The smallest absolute Gasteiger partial charge is 0.273 e. The zero-order chi connectivity index (χ0) is 14.8. The van der Waals surface area contributed by atoms with Gasteiger partial charge in [0.25, 0.3) is 5.69 Å². The number of hydrogen-bond acceptors (Lipinski definition) is 4. The van der Waals surface area contributed by atoms with Gasteiger partial charge in [-0.2, -0.15) is 0 Å². The molecule has 2 atom stereocenters. The van der Waals surface area contributed by atoms with Gasteiger partial charge in [-0.05, 0) is 43.6 Å². The van der Waals surface area contributed by atoms with Gasteiger partial charge in [0.15, 0.2) is 0 Å². The van der Waals surface area contributed by atoms with Gasteiger partial charge < -0.3 is 10.1 Å². The van der Waals surface area contributed by atoms with Crippen molar-refractivity contribution in [2.75, 3.05) is 12.4 Å². The number of nitrogens with one attached hydrogen (secondary N) is 1. The topological polar surface area (TPSA) is 64.4 Å². The molecule has 0 heterocycles. The van der Waals surface area contributed by atoms with Gasteiger partial charge in [0.1, 0.15) is 5.75 Å². The van der Waals surface area contributed by atoms with E-state index in [1.54, 1.807) is 13.2 Å². The van der Waals surface area contributed by atoms with Crippen molar-refractivity contribution >= 4 is 11.4 Å². The van der Waals surface area contributed by atoms with Gasteiger partial charge in [-0.1, -0.05) is 12.8 Å². The largest absolute Gasteiger partial charge is 0.494 e. The van der Waals surface area contributed by atoms with Crippen LogP contribution in [0.4, 0.5) is 11.4 Å². The van der Waals surface area contributed by atoms with E-state index in [-0.39, 0.29) is 5.69 Å². The van der Waals surface area contributed by atoms with Crippen molar-refractivity contribution in [3.05, 3.63) is 28.3 Å². The predicted octanol–water partition coefficient (Wildman–Crippen LogP) is 3.98. The van der Waals surface area contributed by atoms with Crippen LogP contribution in [0.3, 0.4) is 0 Å². The second kappa shape index (κ2) is 5.92. The Labute approximate surface area is 124 Å². The lowest BCUT2D eigenvalue weighted by Crippen LogP contribution is -2.28. The molecule has 2 aliphatic rings. The lowest BCUT2D eigenvalue weighted by atomic mass is 9.82. The third kappa shape index (κ3) is 3.28. The van der Waals surface area contributed by atoms with Crippen LogP contribution < -0.4 is 10.1 Å². The van der Waals surface area contributed by atoms with Gasteiger partial charge in [0.05, 0.1) is 23.8 Å². The summed E-state index contributed by atoms with van der Waals surface area (Å²) in [6.45, 7) is 0. The average Bonchev–Trinajstić information content (AvgIpc) is 3.32. The summed E-state index contributed by atoms with van der Waals surface area (Å²) in [4.78, 5) is 10.4. The Kier molecular flexibility index (Phi) is 3.99. The number of methoxy groups -OCH3 is 1. The fourth-order valence-corrected chi connectivity index (χ4v) is 3.49. The maximum atomic E-state index is 10.8. The molecule has 0 aliphatic heterocycles. The Balaban J connectivity index is 1.69. The van der Waals surface area contributed by atoms with Gasteiger partial charge in [0, 0.05) is 12.1 Å². The first-order valence-electron chi connectivity index (χ1n) is 7.76. The van der Waals surface area contributed by atoms with E-state index in [1.807, 2.05) is 0 Å². The molecule has 2 unspecified atom stereocenters. The van der Waals surface area contributed by atoms with E-state index in [2.05, 4.69) is 5.32 Å². The molecule has 114 valence electrons. The third-order valence-corrected chi connectivity index (χ3v) is 4.76. The highest BCUT2D eigenvalue weighted by atomic mass is 16.6. The summed E-state index contributed by atoms with van der Waals surface area (Å²) in [6, 6.07) is 5.24. The summed E-state index contributed by atoms with van der Waals surface area (Å²) in [5.74, 6) is 2.37. The van der Waals surface area contributed by atoms with E-state index in [0.29, 0.717) is 11.8 Å². The summed E-state index contributed by atoms with van der Waals surface area (Å²) in [5, 5.41) is 14.4. The molecular weight excluding hydrogens is 268 g/mol. The molecular formula is C16H22N2O3.